The molecule has 4 nitrogen and oxygen atoms in total. The van der Waals surface area contributed by atoms with Crippen LogP contribution in [0.15, 0.2) is 24.3 Å². The highest BCUT2D eigenvalue weighted by molar-refractivity contribution is 5.97. The summed E-state index contributed by atoms with van der Waals surface area (Å²) in [6, 6.07) is 6.77. The third kappa shape index (κ3) is 6.04. The fourth-order valence-electron chi connectivity index (χ4n) is 1.51. The minimum absolute atomic E-state index is 0.0319. The first kappa shape index (κ1) is 15.2. The van der Waals surface area contributed by atoms with Gasteiger partial charge >= 0.3 is 0 Å². The molecule has 4 heteroatoms. The van der Waals surface area contributed by atoms with Gasteiger partial charge in [0.2, 0.25) is 0 Å². The smallest absolute Gasteiger partial charge is 0.163 e. The van der Waals surface area contributed by atoms with Gasteiger partial charge < -0.3 is 14.6 Å². The molecule has 0 aliphatic heterocycles. The van der Waals surface area contributed by atoms with Crippen molar-refractivity contribution in [3.63, 3.8) is 0 Å². The van der Waals surface area contributed by atoms with Gasteiger partial charge in [-0.05, 0) is 43.0 Å². The molecule has 0 aromatic heterocycles. The largest absolute Gasteiger partial charge is 0.550 e. The molecule has 1 aromatic rings. The molecule has 0 unspecified atom stereocenters. The maximum absolute atomic E-state index is 11.6. The Kier molecular flexibility index (Phi) is 6.06. The molecule has 0 amide bonds. The highest BCUT2D eigenvalue weighted by Gasteiger charge is 2.06. The van der Waals surface area contributed by atoms with E-state index in [-0.39, 0.29) is 18.6 Å². The third-order valence-electron chi connectivity index (χ3n) is 2.70. The second-order valence-electron chi connectivity index (χ2n) is 4.85. The van der Waals surface area contributed by atoms with Crippen molar-refractivity contribution in [2.45, 2.75) is 33.1 Å². The van der Waals surface area contributed by atoms with Crippen molar-refractivity contribution in [1.82, 2.24) is 0 Å². The number of benzene rings is 1. The highest BCUT2D eigenvalue weighted by atomic mass is 16.5. The second kappa shape index (κ2) is 7.56. The molecule has 0 N–H and O–H groups in total. The van der Waals surface area contributed by atoms with E-state index in [0.717, 1.165) is 12.2 Å². The molecule has 0 heterocycles. The van der Waals surface area contributed by atoms with Gasteiger partial charge in [0.1, 0.15) is 5.75 Å². The molecule has 0 aliphatic carbocycles. The van der Waals surface area contributed by atoms with Gasteiger partial charge in [-0.15, -0.1) is 0 Å². The Labute approximate surface area is 113 Å². The lowest BCUT2D eigenvalue weighted by Gasteiger charge is -2.08. The van der Waals surface area contributed by atoms with E-state index in [2.05, 4.69) is 13.8 Å². The summed E-state index contributed by atoms with van der Waals surface area (Å²) in [7, 11) is 0. The van der Waals surface area contributed by atoms with E-state index in [1.807, 2.05) is 0 Å². The quantitative estimate of drug-likeness (QED) is 0.671. The summed E-state index contributed by atoms with van der Waals surface area (Å²) in [5, 5.41) is 10.3. The maximum Gasteiger partial charge on any atom is 0.163 e. The van der Waals surface area contributed by atoms with Gasteiger partial charge in [0.15, 0.2) is 5.78 Å². The van der Waals surface area contributed by atoms with Crippen molar-refractivity contribution in [3.8, 4) is 5.75 Å². The number of ketones is 1. The highest BCUT2D eigenvalue weighted by Crippen LogP contribution is 2.15. The zero-order valence-electron chi connectivity index (χ0n) is 11.3. The molecule has 0 bridgehead atoms. The topological polar surface area (TPSA) is 66.4 Å². The van der Waals surface area contributed by atoms with Gasteiger partial charge in [0.05, 0.1) is 6.61 Å². The number of carboxylic acid groups (broad SMARTS) is 1. The molecule has 104 valence electrons. The Hall–Kier alpha value is -1.84. The molecule has 0 radical (unpaired) electrons. The van der Waals surface area contributed by atoms with E-state index in [9.17, 15) is 14.7 Å². The van der Waals surface area contributed by atoms with E-state index in [1.54, 1.807) is 24.3 Å². The van der Waals surface area contributed by atoms with Crippen LogP contribution in [0.1, 0.15) is 43.5 Å². The van der Waals surface area contributed by atoms with Gasteiger partial charge in [0.25, 0.3) is 0 Å². The van der Waals surface area contributed by atoms with Crippen molar-refractivity contribution in [1.29, 1.82) is 0 Å². The van der Waals surface area contributed by atoms with Gasteiger partial charge in [-0.1, -0.05) is 13.8 Å². The first-order chi connectivity index (χ1) is 8.99. The van der Waals surface area contributed by atoms with Crippen LogP contribution in [0, 0.1) is 5.92 Å². The van der Waals surface area contributed by atoms with Gasteiger partial charge in [-0.25, -0.2) is 0 Å². The van der Waals surface area contributed by atoms with Crippen molar-refractivity contribution < 1.29 is 19.4 Å². The summed E-state index contributed by atoms with van der Waals surface area (Å²) in [6.45, 7) is 4.90. The summed E-state index contributed by atoms with van der Waals surface area (Å²) < 4.78 is 5.53. The lowest BCUT2D eigenvalue weighted by molar-refractivity contribution is -0.305. The van der Waals surface area contributed by atoms with Crippen LogP contribution in [0.2, 0.25) is 0 Å². The van der Waals surface area contributed by atoms with Crippen molar-refractivity contribution in [2.75, 3.05) is 6.61 Å². The molecule has 0 spiro atoms. The minimum Gasteiger partial charge on any atom is -0.550 e. The van der Waals surface area contributed by atoms with Crippen LogP contribution in [0.4, 0.5) is 0 Å². The Morgan fingerprint density at radius 3 is 2.32 bits per heavy atom. The molecule has 1 rings (SSSR count). The molecule has 1 aromatic carbocycles. The van der Waals surface area contributed by atoms with E-state index in [4.69, 9.17) is 4.74 Å². The zero-order chi connectivity index (χ0) is 14.3. The Bertz CT molecular complexity index is 420. The maximum atomic E-state index is 11.6. The summed E-state index contributed by atoms with van der Waals surface area (Å²) in [6.07, 6.45) is 0.702. The van der Waals surface area contributed by atoms with Gasteiger partial charge in [-0.3, -0.25) is 4.79 Å². The van der Waals surface area contributed by atoms with Crippen LogP contribution in [-0.2, 0) is 4.79 Å². The fraction of sp³-hybridized carbons (Fsp3) is 0.467. The number of carbonyl (C=O) groups is 2. The molecule has 0 saturated carbocycles. The van der Waals surface area contributed by atoms with Gasteiger partial charge in [0, 0.05) is 18.0 Å². The average molecular weight is 263 g/mol. The monoisotopic (exact) mass is 263 g/mol. The average Bonchev–Trinajstić information content (AvgIpc) is 2.36. The Morgan fingerprint density at radius 2 is 1.79 bits per heavy atom. The molecule has 0 atom stereocenters. The van der Waals surface area contributed by atoms with E-state index in [0.29, 0.717) is 18.1 Å². The fourth-order valence-corrected chi connectivity index (χ4v) is 1.51. The van der Waals surface area contributed by atoms with Crippen molar-refractivity contribution in [3.05, 3.63) is 29.8 Å². The summed E-state index contributed by atoms with van der Waals surface area (Å²) in [5.74, 6) is -0.0949. The van der Waals surface area contributed by atoms with E-state index >= 15 is 0 Å². The SMILES string of the molecule is CC(C)CCOc1ccc(C(=O)CCC(=O)[O-])cc1. The van der Waals surface area contributed by atoms with Crippen LogP contribution in [-0.4, -0.2) is 18.4 Å². The number of Topliss-reactive ketones (excluding diaryl/α,β-unsaturated/α-hetero) is 1. The first-order valence-electron chi connectivity index (χ1n) is 6.45. The predicted molar refractivity (Wildman–Crippen MR) is 70.0 cm³/mol. The second-order valence-corrected chi connectivity index (χ2v) is 4.85. The van der Waals surface area contributed by atoms with Crippen LogP contribution < -0.4 is 9.84 Å². The Balaban J connectivity index is 2.46. The number of hydrogen-bond donors (Lipinski definition) is 0. The van der Waals surface area contributed by atoms with Crippen molar-refractivity contribution >= 4 is 11.8 Å². The predicted octanol–water partition coefficient (Wildman–Crippen LogP) is 1.82. The standard InChI is InChI=1S/C15H20O4/c1-11(2)9-10-19-13-5-3-12(4-6-13)14(16)7-8-15(17)18/h3-6,11H,7-10H2,1-2H3,(H,17,18)/p-1. The lowest BCUT2D eigenvalue weighted by atomic mass is 10.1. The van der Waals surface area contributed by atoms with E-state index < -0.39 is 5.97 Å². The van der Waals surface area contributed by atoms with Crippen LogP contribution >= 0.6 is 0 Å². The Morgan fingerprint density at radius 1 is 1.16 bits per heavy atom. The number of rotatable bonds is 8. The first-order valence-corrected chi connectivity index (χ1v) is 6.45. The zero-order valence-corrected chi connectivity index (χ0v) is 11.3. The molecule has 0 fully saturated rings. The number of aliphatic carboxylic acids is 1. The summed E-state index contributed by atoms with van der Waals surface area (Å²) >= 11 is 0. The summed E-state index contributed by atoms with van der Waals surface area (Å²) in [5.41, 5.74) is 0.498. The van der Waals surface area contributed by atoms with Crippen LogP contribution in [0.25, 0.3) is 0 Å². The van der Waals surface area contributed by atoms with E-state index in [1.165, 1.54) is 0 Å². The molecule has 19 heavy (non-hydrogen) atoms. The number of carbonyl (C=O) groups excluding carboxylic acids is 2. The summed E-state index contributed by atoms with van der Waals surface area (Å²) in [4.78, 5) is 21.9. The minimum atomic E-state index is -1.21. The molecular formula is C15H19O4-. The number of ether oxygens (including phenoxy) is 1. The third-order valence-corrected chi connectivity index (χ3v) is 2.70. The lowest BCUT2D eigenvalue weighted by Crippen LogP contribution is -2.22. The normalized spacial score (nSPS) is 10.5. The molecule has 0 saturated heterocycles. The van der Waals surface area contributed by atoms with Crippen LogP contribution in [0.5, 0.6) is 5.75 Å². The van der Waals surface area contributed by atoms with Gasteiger partial charge in [-0.2, -0.15) is 0 Å². The number of hydrogen-bond acceptors (Lipinski definition) is 4. The van der Waals surface area contributed by atoms with Crippen LogP contribution in [0.3, 0.4) is 0 Å². The molecular weight excluding hydrogens is 244 g/mol. The number of carboxylic acids is 1. The van der Waals surface area contributed by atoms with Crippen molar-refractivity contribution in [2.24, 2.45) is 5.92 Å². The molecule has 0 aliphatic rings.